The second-order valence-electron chi connectivity index (χ2n) is 7.69. The van der Waals surface area contributed by atoms with Gasteiger partial charge in [0.25, 0.3) is 11.6 Å². The van der Waals surface area contributed by atoms with Crippen molar-refractivity contribution >= 4 is 29.2 Å². The molecular weight excluding hydrogens is 364 g/mol. The van der Waals surface area contributed by atoms with Crippen LogP contribution in [0.3, 0.4) is 0 Å². The number of carbonyl (C=O) groups is 3. The third-order valence-electron chi connectivity index (χ3n) is 6.25. The van der Waals surface area contributed by atoms with Crippen LogP contribution in [-0.2, 0) is 16.0 Å². The van der Waals surface area contributed by atoms with Crippen LogP contribution in [0, 0.1) is 10.1 Å². The largest absolute Gasteiger partial charge is 0.327 e. The predicted molar refractivity (Wildman–Crippen MR) is 99.8 cm³/mol. The third-order valence-corrected chi connectivity index (χ3v) is 6.25. The van der Waals surface area contributed by atoms with Crippen molar-refractivity contribution in [3.8, 4) is 0 Å². The molecule has 4 amide bonds. The number of hydrogen-bond acceptors (Lipinski definition) is 5. The number of rotatable bonds is 3. The molecule has 1 aromatic carbocycles. The summed E-state index contributed by atoms with van der Waals surface area (Å²) >= 11 is 0. The first-order chi connectivity index (χ1) is 13.3. The van der Waals surface area contributed by atoms with Gasteiger partial charge < -0.3 is 9.80 Å². The fourth-order valence-corrected chi connectivity index (χ4v) is 4.65. The quantitative estimate of drug-likeness (QED) is 0.449. The Balaban J connectivity index is 1.53. The molecule has 0 bridgehead atoms. The van der Waals surface area contributed by atoms with Crippen LogP contribution < -0.4 is 4.90 Å². The Kier molecular flexibility index (Phi) is 4.32. The van der Waals surface area contributed by atoms with Gasteiger partial charge in [0.15, 0.2) is 0 Å². The molecule has 1 saturated carbocycles. The van der Waals surface area contributed by atoms with E-state index in [4.69, 9.17) is 0 Å². The first kappa shape index (κ1) is 18.4. The minimum atomic E-state index is -0.806. The van der Waals surface area contributed by atoms with Gasteiger partial charge >= 0.3 is 6.03 Å². The van der Waals surface area contributed by atoms with Gasteiger partial charge in [0, 0.05) is 31.4 Å². The molecule has 9 heteroatoms. The molecule has 2 aliphatic heterocycles. The SMILES string of the molecule is CN1C(=O)N(CC(=O)N2CCc3cc([N+](=O)[O-])ccc32)C(=O)C12CCCCC2. The number of carbonyl (C=O) groups excluding carboxylic acids is 3. The van der Waals surface area contributed by atoms with Crippen molar-refractivity contribution in [2.75, 3.05) is 25.0 Å². The zero-order valence-electron chi connectivity index (χ0n) is 15.7. The average molecular weight is 386 g/mol. The highest BCUT2D eigenvalue weighted by molar-refractivity contribution is 6.10. The highest BCUT2D eigenvalue weighted by atomic mass is 16.6. The first-order valence-electron chi connectivity index (χ1n) is 9.52. The fourth-order valence-electron chi connectivity index (χ4n) is 4.65. The van der Waals surface area contributed by atoms with Crippen LogP contribution in [0.1, 0.15) is 37.7 Å². The third kappa shape index (κ3) is 2.64. The summed E-state index contributed by atoms with van der Waals surface area (Å²) in [5, 5.41) is 10.9. The van der Waals surface area contributed by atoms with Crippen LogP contribution in [0.25, 0.3) is 0 Å². The summed E-state index contributed by atoms with van der Waals surface area (Å²) < 4.78 is 0. The van der Waals surface area contributed by atoms with Crippen molar-refractivity contribution in [2.24, 2.45) is 0 Å². The fraction of sp³-hybridized carbons (Fsp3) is 0.526. The number of anilines is 1. The van der Waals surface area contributed by atoms with Crippen molar-refractivity contribution in [1.82, 2.24) is 9.80 Å². The van der Waals surface area contributed by atoms with E-state index >= 15 is 0 Å². The molecule has 2 heterocycles. The lowest BCUT2D eigenvalue weighted by Gasteiger charge is -2.35. The first-order valence-corrected chi connectivity index (χ1v) is 9.52. The van der Waals surface area contributed by atoms with E-state index in [1.54, 1.807) is 13.1 Å². The molecule has 0 atom stereocenters. The van der Waals surface area contributed by atoms with Crippen LogP contribution in [0.2, 0.25) is 0 Å². The van der Waals surface area contributed by atoms with Crippen molar-refractivity contribution in [1.29, 1.82) is 0 Å². The highest BCUT2D eigenvalue weighted by Gasteiger charge is 2.56. The minimum absolute atomic E-state index is 0.0150. The number of non-ortho nitro benzene ring substituents is 1. The van der Waals surface area contributed by atoms with E-state index in [0.29, 0.717) is 31.5 Å². The summed E-state index contributed by atoms with van der Waals surface area (Å²) in [7, 11) is 1.64. The molecule has 0 radical (unpaired) electrons. The van der Waals surface area contributed by atoms with E-state index in [1.165, 1.54) is 21.9 Å². The number of hydrogen-bond donors (Lipinski definition) is 0. The maximum absolute atomic E-state index is 13.0. The molecule has 148 valence electrons. The zero-order valence-corrected chi connectivity index (χ0v) is 15.7. The number of nitro benzene ring substituents is 1. The smallest absolute Gasteiger partial charge is 0.313 e. The van der Waals surface area contributed by atoms with Crippen LogP contribution >= 0.6 is 0 Å². The van der Waals surface area contributed by atoms with Gasteiger partial charge in [-0.05, 0) is 30.9 Å². The van der Waals surface area contributed by atoms with E-state index in [0.717, 1.165) is 29.7 Å². The molecule has 1 aromatic rings. The minimum Gasteiger partial charge on any atom is -0.313 e. The molecule has 0 unspecified atom stereocenters. The molecular formula is C19H22N4O5. The Morgan fingerprint density at radius 1 is 1.21 bits per heavy atom. The maximum Gasteiger partial charge on any atom is 0.327 e. The molecule has 3 aliphatic rings. The zero-order chi connectivity index (χ0) is 20.1. The number of benzene rings is 1. The van der Waals surface area contributed by atoms with E-state index in [9.17, 15) is 24.5 Å². The maximum atomic E-state index is 13.0. The average Bonchev–Trinajstić information content (AvgIpc) is 3.19. The number of nitro groups is 1. The second-order valence-corrected chi connectivity index (χ2v) is 7.69. The number of amides is 4. The van der Waals surface area contributed by atoms with Crippen molar-refractivity contribution < 1.29 is 19.3 Å². The Hall–Kier alpha value is -2.97. The van der Waals surface area contributed by atoms with Gasteiger partial charge in [-0.2, -0.15) is 0 Å². The van der Waals surface area contributed by atoms with E-state index in [1.807, 2.05) is 0 Å². The lowest BCUT2D eigenvalue weighted by atomic mass is 9.81. The Morgan fingerprint density at radius 2 is 1.93 bits per heavy atom. The van der Waals surface area contributed by atoms with E-state index < -0.39 is 16.5 Å². The van der Waals surface area contributed by atoms with Crippen LogP contribution in [0.4, 0.5) is 16.2 Å². The number of likely N-dealkylation sites (N-methyl/N-ethyl adjacent to an activating group) is 1. The van der Waals surface area contributed by atoms with Crippen molar-refractivity contribution in [2.45, 2.75) is 44.1 Å². The molecule has 0 N–H and O–H groups in total. The van der Waals surface area contributed by atoms with Crippen LogP contribution in [0.5, 0.6) is 0 Å². The standard InChI is InChI=1S/C19H22N4O5/c1-20-18(26)22(17(25)19(20)8-3-2-4-9-19)12-16(24)21-10-7-13-11-14(23(27)28)5-6-15(13)21/h5-6,11H,2-4,7-10,12H2,1H3. The summed E-state index contributed by atoms with van der Waals surface area (Å²) in [5.41, 5.74) is 0.510. The monoisotopic (exact) mass is 386 g/mol. The number of urea groups is 1. The van der Waals surface area contributed by atoms with Crippen molar-refractivity contribution in [3.63, 3.8) is 0 Å². The molecule has 2 fully saturated rings. The Morgan fingerprint density at radius 3 is 2.61 bits per heavy atom. The summed E-state index contributed by atoms with van der Waals surface area (Å²) in [6, 6.07) is 3.96. The molecule has 1 saturated heterocycles. The van der Waals surface area contributed by atoms with Gasteiger partial charge in [0.05, 0.1) is 4.92 Å². The molecule has 1 aliphatic carbocycles. The highest BCUT2D eigenvalue weighted by Crippen LogP contribution is 2.39. The van der Waals surface area contributed by atoms with Gasteiger partial charge in [-0.3, -0.25) is 24.6 Å². The normalized spacial score (nSPS) is 20.8. The van der Waals surface area contributed by atoms with Crippen LogP contribution in [-0.4, -0.2) is 58.2 Å². The lowest BCUT2D eigenvalue weighted by molar-refractivity contribution is -0.384. The van der Waals surface area contributed by atoms with Gasteiger partial charge in [-0.25, -0.2) is 4.79 Å². The molecule has 28 heavy (non-hydrogen) atoms. The summed E-state index contributed by atoms with van der Waals surface area (Å²) in [5.74, 6) is -0.633. The number of nitrogens with zero attached hydrogens (tertiary/aromatic N) is 4. The Bertz CT molecular complexity index is 877. The number of fused-ring (bicyclic) bond motifs is 1. The van der Waals surface area contributed by atoms with Gasteiger partial charge in [-0.15, -0.1) is 0 Å². The van der Waals surface area contributed by atoms with Crippen molar-refractivity contribution in [3.05, 3.63) is 33.9 Å². The lowest BCUT2D eigenvalue weighted by Crippen LogP contribution is -2.49. The summed E-state index contributed by atoms with van der Waals surface area (Å²) in [4.78, 5) is 53.1. The van der Waals surface area contributed by atoms with Crippen LogP contribution in [0.15, 0.2) is 18.2 Å². The topological polar surface area (TPSA) is 104 Å². The molecule has 1 spiro atoms. The Labute approximate surface area is 162 Å². The predicted octanol–water partition coefficient (Wildman–Crippen LogP) is 2.08. The summed E-state index contributed by atoms with van der Waals surface area (Å²) in [6.45, 7) is 0.0761. The van der Waals surface area contributed by atoms with Gasteiger partial charge in [-0.1, -0.05) is 19.3 Å². The van der Waals surface area contributed by atoms with E-state index in [-0.39, 0.29) is 24.0 Å². The van der Waals surface area contributed by atoms with E-state index in [2.05, 4.69) is 0 Å². The number of imide groups is 1. The van der Waals surface area contributed by atoms with Gasteiger partial charge in [0.2, 0.25) is 5.91 Å². The van der Waals surface area contributed by atoms with Gasteiger partial charge in [0.1, 0.15) is 12.1 Å². The second kappa shape index (κ2) is 6.57. The molecule has 4 rings (SSSR count). The summed E-state index contributed by atoms with van der Waals surface area (Å²) in [6.07, 6.45) is 4.61. The molecule has 9 nitrogen and oxygen atoms in total. The molecule has 0 aromatic heterocycles.